The lowest BCUT2D eigenvalue weighted by Gasteiger charge is -2.19. The number of anilines is 1. The van der Waals surface area contributed by atoms with Crippen LogP contribution in [0.3, 0.4) is 0 Å². The number of aryl methyl sites for hydroxylation is 1. The summed E-state index contributed by atoms with van der Waals surface area (Å²) in [5, 5.41) is 0. The average molecular weight is 259 g/mol. The highest BCUT2D eigenvalue weighted by Gasteiger charge is 2.13. The fourth-order valence-electron chi connectivity index (χ4n) is 2.07. The summed E-state index contributed by atoms with van der Waals surface area (Å²) >= 11 is 0. The van der Waals surface area contributed by atoms with Crippen molar-refractivity contribution in [1.82, 2.24) is 15.0 Å². The van der Waals surface area contributed by atoms with Crippen molar-refractivity contribution < 1.29 is 0 Å². The van der Waals surface area contributed by atoms with Crippen LogP contribution in [0.5, 0.6) is 0 Å². The van der Waals surface area contributed by atoms with E-state index in [1.807, 2.05) is 38.0 Å². The third-order valence-electron chi connectivity index (χ3n) is 3.30. The van der Waals surface area contributed by atoms with Gasteiger partial charge >= 0.3 is 0 Å². The smallest absolute Gasteiger partial charge is 0.110 e. The van der Waals surface area contributed by atoms with Crippen LogP contribution < -0.4 is 16.2 Å². The van der Waals surface area contributed by atoms with Crippen LogP contribution in [0.15, 0.2) is 36.7 Å². The van der Waals surface area contributed by atoms with E-state index >= 15 is 0 Å². The number of nitrogens with two attached hydrogens (primary N) is 1. The molecule has 0 fully saturated rings. The van der Waals surface area contributed by atoms with Gasteiger partial charge in [-0.1, -0.05) is 12.1 Å². The SMILES string of the molecule is CN(C)c1cccc(C(Cc2nccn2C)NN)c1. The molecule has 0 saturated carbocycles. The molecule has 2 aromatic rings. The largest absolute Gasteiger partial charge is 0.378 e. The quantitative estimate of drug-likeness (QED) is 0.626. The van der Waals surface area contributed by atoms with Crippen molar-refractivity contribution in [2.75, 3.05) is 19.0 Å². The fraction of sp³-hybridized carbons (Fsp3) is 0.357. The molecule has 1 aromatic carbocycles. The van der Waals surface area contributed by atoms with E-state index in [4.69, 9.17) is 5.84 Å². The highest BCUT2D eigenvalue weighted by Crippen LogP contribution is 2.21. The zero-order valence-corrected chi connectivity index (χ0v) is 11.7. The number of hydrazine groups is 1. The highest BCUT2D eigenvalue weighted by atomic mass is 15.2. The Morgan fingerprint density at radius 2 is 2.21 bits per heavy atom. The van der Waals surface area contributed by atoms with Gasteiger partial charge in [-0.2, -0.15) is 0 Å². The third-order valence-corrected chi connectivity index (χ3v) is 3.30. The number of nitrogens with zero attached hydrogens (tertiary/aromatic N) is 3. The predicted octanol–water partition coefficient (Wildman–Crippen LogP) is 1.23. The van der Waals surface area contributed by atoms with E-state index in [1.165, 1.54) is 0 Å². The van der Waals surface area contributed by atoms with Crippen LogP contribution in [0, 0.1) is 0 Å². The van der Waals surface area contributed by atoms with Gasteiger partial charge in [-0.3, -0.25) is 11.3 Å². The van der Waals surface area contributed by atoms with Crippen LogP contribution in [0.1, 0.15) is 17.4 Å². The van der Waals surface area contributed by atoms with E-state index in [0.29, 0.717) is 0 Å². The number of benzene rings is 1. The lowest BCUT2D eigenvalue weighted by atomic mass is 10.0. The molecule has 0 saturated heterocycles. The van der Waals surface area contributed by atoms with Gasteiger partial charge in [0.25, 0.3) is 0 Å². The monoisotopic (exact) mass is 259 g/mol. The fourth-order valence-corrected chi connectivity index (χ4v) is 2.07. The van der Waals surface area contributed by atoms with E-state index < -0.39 is 0 Å². The number of hydrogen-bond donors (Lipinski definition) is 2. The normalized spacial score (nSPS) is 12.4. The van der Waals surface area contributed by atoms with Crippen molar-refractivity contribution in [2.45, 2.75) is 12.5 Å². The first kappa shape index (κ1) is 13.6. The second kappa shape index (κ2) is 5.86. The first-order valence-electron chi connectivity index (χ1n) is 6.31. The van der Waals surface area contributed by atoms with Crippen LogP contribution in [-0.4, -0.2) is 23.6 Å². The van der Waals surface area contributed by atoms with Crippen LogP contribution in [0.4, 0.5) is 5.69 Å². The minimum absolute atomic E-state index is 0.0565. The number of hydrogen-bond acceptors (Lipinski definition) is 4. The summed E-state index contributed by atoms with van der Waals surface area (Å²) in [5.74, 6) is 6.71. The molecule has 0 aliphatic rings. The topological polar surface area (TPSA) is 59.1 Å². The van der Waals surface area contributed by atoms with Gasteiger partial charge in [-0.15, -0.1) is 0 Å². The van der Waals surface area contributed by atoms with Crippen LogP contribution in [0.2, 0.25) is 0 Å². The standard InChI is InChI=1S/C14H21N5/c1-18(2)12-6-4-5-11(9-12)13(17-15)10-14-16-7-8-19(14)3/h4-9,13,17H,10,15H2,1-3H3. The molecule has 0 aliphatic carbocycles. The Bertz CT molecular complexity index is 532. The van der Waals surface area contributed by atoms with Gasteiger partial charge < -0.3 is 9.47 Å². The van der Waals surface area contributed by atoms with Crippen molar-refractivity contribution in [3.05, 3.63) is 48.0 Å². The third kappa shape index (κ3) is 3.13. The second-order valence-corrected chi connectivity index (χ2v) is 4.87. The summed E-state index contributed by atoms with van der Waals surface area (Å²) in [6.45, 7) is 0. The second-order valence-electron chi connectivity index (χ2n) is 4.87. The van der Waals surface area contributed by atoms with E-state index in [0.717, 1.165) is 23.5 Å². The maximum Gasteiger partial charge on any atom is 0.110 e. The van der Waals surface area contributed by atoms with Gasteiger partial charge in [0.05, 0.1) is 6.04 Å². The minimum atomic E-state index is 0.0565. The zero-order chi connectivity index (χ0) is 13.8. The van der Waals surface area contributed by atoms with Crippen molar-refractivity contribution in [3.63, 3.8) is 0 Å². The molecule has 0 aliphatic heterocycles. The minimum Gasteiger partial charge on any atom is -0.378 e. The van der Waals surface area contributed by atoms with Crippen molar-refractivity contribution >= 4 is 5.69 Å². The van der Waals surface area contributed by atoms with Gasteiger partial charge in [0, 0.05) is 45.6 Å². The molecule has 2 rings (SSSR count). The zero-order valence-electron chi connectivity index (χ0n) is 11.7. The molecule has 0 amide bonds. The Hall–Kier alpha value is -1.85. The number of nitrogens with one attached hydrogen (secondary N) is 1. The van der Waals surface area contributed by atoms with Gasteiger partial charge in [0.1, 0.15) is 5.82 Å². The molecule has 1 heterocycles. The van der Waals surface area contributed by atoms with Crippen molar-refractivity contribution in [2.24, 2.45) is 12.9 Å². The van der Waals surface area contributed by atoms with Crippen molar-refractivity contribution in [3.8, 4) is 0 Å². The van der Waals surface area contributed by atoms with Gasteiger partial charge in [0.15, 0.2) is 0 Å². The Morgan fingerprint density at radius 3 is 2.79 bits per heavy atom. The molecule has 1 atom stereocenters. The molecule has 102 valence electrons. The molecule has 0 radical (unpaired) electrons. The Balaban J connectivity index is 2.22. The first-order chi connectivity index (χ1) is 9.11. The molecule has 0 bridgehead atoms. The number of rotatable bonds is 5. The molecule has 1 aromatic heterocycles. The summed E-state index contributed by atoms with van der Waals surface area (Å²) in [5.41, 5.74) is 5.21. The summed E-state index contributed by atoms with van der Waals surface area (Å²) in [6, 6.07) is 8.42. The maximum absolute atomic E-state index is 5.70. The van der Waals surface area contributed by atoms with E-state index in [9.17, 15) is 0 Å². The summed E-state index contributed by atoms with van der Waals surface area (Å²) in [7, 11) is 6.05. The van der Waals surface area contributed by atoms with Gasteiger partial charge in [0.2, 0.25) is 0 Å². The number of aromatic nitrogens is 2. The van der Waals surface area contributed by atoms with E-state index in [2.05, 4.69) is 33.5 Å². The lowest BCUT2D eigenvalue weighted by Crippen LogP contribution is -2.30. The first-order valence-corrected chi connectivity index (χ1v) is 6.31. The molecule has 3 N–H and O–H groups in total. The van der Waals surface area contributed by atoms with Crippen LogP contribution in [0.25, 0.3) is 0 Å². The Morgan fingerprint density at radius 1 is 1.42 bits per heavy atom. The van der Waals surface area contributed by atoms with Gasteiger partial charge in [-0.25, -0.2) is 4.98 Å². The summed E-state index contributed by atoms with van der Waals surface area (Å²) in [6.07, 6.45) is 4.51. The summed E-state index contributed by atoms with van der Waals surface area (Å²) in [4.78, 5) is 6.42. The molecule has 5 heteroatoms. The molecular weight excluding hydrogens is 238 g/mol. The molecular formula is C14H21N5. The lowest BCUT2D eigenvalue weighted by molar-refractivity contribution is 0.530. The highest BCUT2D eigenvalue weighted by molar-refractivity contribution is 5.47. The van der Waals surface area contributed by atoms with Gasteiger partial charge in [-0.05, 0) is 17.7 Å². The summed E-state index contributed by atoms with van der Waals surface area (Å²) < 4.78 is 2.01. The van der Waals surface area contributed by atoms with E-state index in [1.54, 1.807) is 6.20 Å². The molecule has 0 spiro atoms. The molecule has 5 nitrogen and oxygen atoms in total. The average Bonchev–Trinajstić information content (AvgIpc) is 2.81. The number of imidazole rings is 1. The predicted molar refractivity (Wildman–Crippen MR) is 77.7 cm³/mol. The Kier molecular flexibility index (Phi) is 4.19. The molecule has 1 unspecified atom stereocenters. The van der Waals surface area contributed by atoms with Crippen LogP contribution >= 0.6 is 0 Å². The van der Waals surface area contributed by atoms with E-state index in [-0.39, 0.29) is 6.04 Å². The van der Waals surface area contributed by atoms with Crippen molar-refractivity contribution in [1.29, 1.82) is 0 Å². The van der Waals surface area contributed by atoms with Crippen LogP contribution in [-0.2, 0) is 13.5 Å². The Labute approximate surface area is 114 Å². The molecule has 19 heavy (non-hydrogen) atoms. The maximum atomic E-state index is 5.70.